The standard InChI is InChI=1S/C12H18N2O3/c1-4-17-8-10(3)13-11-5-9(2)6-12(7-11)14(15)16/h5-7,10,13H,4,8H2,1-3H3. The number of ether oxygens (including phenoxy) is 1. The molecule has 0 radical (unpaired) electrons. The monoisotopic (exact) mass is 238 g/mol. The van der Waals surface area contributed by atoms with E-state index in [1.165, 1.54) is 6.07 Å². The van der Waals surface area contributed by atoms with Gasteiger partial charge in [-0.1, -0.05) is 0 Å². The highest BCUT2D eigenvalue weighted by Crippen LogP contribution is 2.20. The Morgan fingerprint density at radius 3 is 2.76 bits per heavy atom. The lowest BCUT2D eigenvalue weighted by molar-refractivity contribution is -0.384. The van der Waals surface area contributed by atoms with Gasteiger partial charge in [0.25, 0.3) is 5.69 Å². The molecule has 1 aromatic rings. The number of hydrogen-bond donors (Lipinski definition) is 1. The minimum Gasteiger partial charge on any atom is -0.380 e. The van der Waals surface area contributed by atoms with Gasteiger partial charge in [0.05, 0.1) is 11.5 Å². The Morgan fingerprint density at radius 2 is 2.18 bits per heavy atom. The molecule has 0 aliphatic carbocycles. The fraction of sp³-hybridized carbons (Fsp3) is 0.500. The molecule has 0 fully saturated rings. The second kappa shape index (κ2) is 6.20. The van der Waals surface area contributed by atoms with E-state index in [0.29, 0.717) is 13.2 Å². The minimum atomic E-state index is -0.384. The zero-order valence-electron chi connectivity index (χ0n) is 10.4. The highest BCUT2D eigenvalue weighted by atomic mass is 16.6. The number of nitrogens with one attached hydrogen (secondary N) is 1. The quantitative estimate of drug-likeness (QED) is 0.611. The first kappa shape index (κ1) is 13.4. The molecule has 0 aromatic heterocycles. The van der Waals surface area contributed by atoms with E-state index in [1.807, 2.05) is 26.8 Å². The third kappa shape index (κ3) is 4.40. The maximum absolute atomic E-state index is 10.7. The van der Waals surface area contributed by atoms with Gasteiger partial charge >= 0.3 is 0 Å². The van der Waals surface area contributed by atoms with Crippen molar-refractivity contribution < 1.29 is 9.66 Å². The van der Waals surface area contributed by atoms with Crippen LogP contribution in [-0.4, -0.2) is 24.2 Å². The molecule has 5 heteroatoms. The van der Waals surface area contributed by atoms with Gasteiger partial charge < -0.3 is 10.1 Å². The van der Waals surface area contributed by atoms with Crippen LogP contribution in [0.3, 0.4) is 0 Å². The van der Waals surface area contributed by atoms with Gasteiger partial charge in [-0.3, -0.25) is 10.1 Å². The van der Waals surface area contributed by atoms with Crippen molar-refractivity contribution in [1.29, 1.82) is 0 Å². The van der Waals surface area contributed by atoms with Gasteiger partial charge in [0.1, 0.15) is 0 Å². The Morgan fingerprint density at radius 1 is 1.47 bits per heavy atom. The molecule has 5 nitrogen and oxygen atoms in total. The maximum atomic E-state index is 10.7. The summed E-state index contributed by atoms with van der Waals surface area (Å²) in [5.41, 5.74) is 1.73. The fourth-order valence-corrected chi connectivity index (χ4v) is 1.57. The normalized spacial score (nSPS) is 12.2. The summed E-state index contributed by atoms with van der Waals surface area (Å²) in [5.74, 6) is 0. The summed E-state index contributed by atoms with van der Waals surface area (Å²) in [5, 5.41) is 13.9. The first-order valence-corrected chi connectivity index (χ1v) is 5.63. The molecule has 0 aliphatic heterocycles. The van der Waals surface area contributed by atoms with Crippen LogP contribution in [0.15, 0.2) is 18.2 Å². The molecule has 1 unspecified atom stereocenters. The van der Waals surface area contributed by atoms with Crippen molar-refractivity contribution >= 4 is 11.4 Å². The van der Waals surface area contributed by atoms with Gasteiger partial charge in [0.15, 0.2) is 0 Å². The van der Waals surface area contributed by atoms with Crippen LogP contribution in [0.4, 0.5) is 11.4 Å². The van der Waals surface area contributed by atoms with Crippen molar-refractivity contribution in [1.82, 2.24) is 0 Å². The van der Waals surface area contributed by atoms with E-state index in [-0.39, 0.29) is 16.7 Å². The predicted molar refractivity (Wildman–Crippen MR) is 67.4 cm³/mol. The molecule has 1 aromatic carbocycles. The molecule has 94 valence electrons. The summed E-state index contributed by atoms with van der Waals surface area (Å²) in [7, 11) is 0. The number of benzene rings is 1. The second-order valence-electron chi connectivity index (χ2n) is 4.02. The molecule has 1 rings (SSSR count). The van der Waals surface area contributed by atoms with Crippen molar-refractivity contribution in [2.75, 3.05) is 18.5 Å². The molecule has 0 saturated heterocycles. The van der Waals surface area contributed by atoms with Crippen molar-refractivity contribution in [3.05, 3.63) is 33.9 Å². The molecular formula is C12H18N2O3. The van der Waals surface area contributed by atoms with Crippen LogP contribution >= 0.6 is 0 Å². The second-order valence-corrected chi connectivity index (χ2v) is 4.02. The van der Waals surface area contributed by atoms with Gasteiger partial charge in [0.2, 0.25) is 0 Å². The molecule has 1 atom stereocenters. The lowest BCUT2D eigenvalue weighted by Gasteiger charge is -2.15. The minimum absolute atomic E-state index is 0.108. The summed E-state index contributed by atoms with van der Waals surface area (Å²) < 4.78 is 5.28. The van der Waals surface area contributed by atoms with Gasteiger partial charge in [-0.25, -0.2) is 0 Å². The Kier molecular flexibility index (Phi) is 4.90. The number of hydrogen-bond acceptors (Lipinski definition) is 4. The summed E-state index contributed by atoms with van der Waals surface area (Å²) in [4.78, 5) is 10.3. The fourth-order valence-electron chi connectivity index (χ4n) is 1.57. The Bertz CT molecular complexity index is 393. The third-order valence-corrected chi connectivity index (χ3v) is 2.26. The van der Waals surface area contributed by atoms with E-state index in [0.717, 1.165) is 11.3 Å². The van der Waals surface area contributed by atoms with Crippen molar-refractivity contribution in [3.8, 4) is 0 Å². The molecule has 0 heterocycles. The van der Waals surface area contributed by atoms with E-state index in [4.69, 9.17) is 4.74 Å². The number of nitro benzene ring substituents is 1. The number of rotatable bonds is 6. The lowest BCUT2D eigenvalue weighted by Crippen LogP contribution is -2.21. The summed E-state index contributed by atoms with van der Waals surface area (Å²) in [6.07, 6.45) is 0. The lowest BCUT2D eigenvalue weighted by atomic mass is 10.2. The van der Waals surface area contributed by atoms with Crippen LogP contribution in [0.5, 0.6) is 0 Å². The van der Waals surface area contributed by atoms with E-state index < -0.39 is 0 Å². The zero-order valence-corrected chi connectivity index (χ0v) is 10.4. The highest BCUT2D eigenvalue weighted by Gasteiger charge is 2.09. The third-order valence-electron chi connectivity index (χ3n) is 2.26. The molecule has 0 bridgehead atoms. The number of nitro groups is 1. The largest absolute Gasteiger partial charge is 0.380 e. The van der Waals surface area contributed by atoms with Crippen LogP contribution in [0.25, 0.3) is 0 Å². The molecule has 1 N–H and O–H groups in total. The highest BCUT2D eigenvalue weighted by molar-refractivity contribution is 5.54. The van der Waals surface area contributed by atoms with E-state index >= 15 is 0 Å². The van der Waals surface area contributed by atoms with E-state index in [1.54, 1.807) is 6.07 Å². The summed E-state index contributed by atoms with van der Waals surface area (Å²) >= 11 is 0. The maximum Gasteiger partial charge on any atom is 0.271 e. The van der Waals surface area contributed by atoms with Gasteiger partial charge in [-0.2, -0.15) is 0 Å². The Balaban J connectivity index is 2.73. The SMILES string of the molecule is CCOCC(C)Nc1cc(C)cc([N+](=O)[O-])c1. The van der Waals surface area contributed by atoms with Crippen LogP contribution < -0.4 is 5.32 Å². The van der Waals surface area contributed by atoms with Crippen molar-refractivity contribution in [3.63, 3.8) is 0 Å². The van der Waals surface area contributed by atoms with Crippen LogP contribution in [0.1, 0.15) is 19.4 Å². The van der Waals surface area contributed by atoms with Crippen molar-refractivity contribution in [2.45, 2.75) is 26.8 Å². The zero-order chi connectivity index (χ0) is 12.8. The Labute approximate surface area is 101 Å². The molecular weight excluding hydrogens is 220 g/mol. The average Bonchev–Trinajstić information content (AvgIpc) is 2.25. The van der Waals surface area contributed by atoms with Gasteiger partial charge in [-0.05, 0) is 32.4 Å². The number of aryl methyl sites for hydroxylation is 1. The van der Waals surface area contributed by atoms with Crippen LogP contribution in [0, 0.1) is 17.0 Å². The molecule has 0 amide bonds. The topological polar surface area (TPSA) is 64.4 Å². The van der Waals surface area contributed by atoms with Gasteiger partial charge in [-0.15, -0.1) is 0 Å². The van der Waals surface area contributed by atoms with Crippen LogP contribution in [0.2, 0.25) is 0 Å². The first-order chi connectivity index (χ1) is 8.02. The van der Waals surface area contributed by atoms with Crippen LogP contribution in [-0.2, 0) is 4.74 Å². The Hall–Kier alpha value is -1.62. The van der Waals surface area contributed by atoms with Crippen molar-refractivity contribution in [2.24, 2.45) is 0 Å². The number of nitrogens with zero attached hydrogens (tertiary/aromatic N) is 1. The molecule has 0 spiro atoms. The molecule has 0 saturated carbocycles. The number of non-ortho nitro benzene ring substituents is 1. The summed E-state index contributed by atoms with van der Waals surface area (Å²) in [6, 6.07) is 5.10. The smallest absolute Gasteiger partial charge is 0.271 e. The molecule has 17 heavy (non-hydrogen) atoms. The summed E-state index contributed by atoms with van der Waals surface area (Å²) in [6.45, 7) is 7.00. The van der Waals surface area contributed by atoms with E-state index in [9.17, 15) is 10.1 Å². The van der Waals surface area contributed by atoms with Gasteiger partial charge in [0, 0.05) is 30.5 Å². The molecule has 0 aliphatic rings. The number of anilines is 1. The van der Waals surface area contributed by atoms with E-state index in [2.05, 4.69) is 5.32 Å². The predicted octanol–water partition coefficient (Wildman–Crippen LogP) is 2.74. The average molecular weight is 238 g/mol. The first-order valence-electron chi connectivity index (χ1n) is 5.63.